The summed E-state index contributed by atoms with van der Waals surface area (Å²) in [5.74, 6) is 0.843. The lowest BCUT2D eigenvalue weighted by molar-refractivity contribution is 0.856. The first-order chi connectivity index (χ1) is 7.36. The van der Waals surface area contributed by atoms with Gasteiger partial charge in [-0.05, 0) is 25.1 Å². The first-order valence-electron chi connectivity index (χ1n) is 4.80. The fraction of sp³-hybridized carbons (Fsp3) is 0.0909. The first kappa shape index (κ1) is 8.23. The van der Waals surface area contributed by atoms with Crippen LogP contribution in [0, 0.1) is 6.92 Å². The molecule has 0 fully saturated rings. The van der Waals surface area contributed by atoms with Gasteiger partial charge in [0.05, 0.1) is 16.7 Å². The summed E-state index contributed by atoms with van der Waals surface area (Å²) in [5, 5.41) is 4.44. The third-order valence-corrected chi connectivity index (χ3v) is 2.43. The SMILES string of the molecule is Cc1nn(-c2ccccn2)c2cc[nH]c12. The smallest absolute Gasteiger partial charge is 0.154 e. The van der Waals surface area contributed by atoms with Gasteiger partial charge in [-0.2, -0.15) is 5.10 Å². The third-order valence-electron chi connectivity index (χ3n) is 2.43. The van der Waals surface area contributed by atoms with Crippen LogP contribution in [0.3, 0.4) is 0 Å². The Morgan fingerprint density at radius 1 is 1.27 bits per heavy atom. The van der Waals surface area contributed by atoms with E-state index in [4.69, 9.17) is 0 Å². The maximum absolute atomic E-state index is 4.44. The summed E-state index contributed by atoms with van der Waals surface area (Å²) in [7, 11) is 0. The van der Waals surface area contributed by atoms with E-state index in [2.05, 4.69) is 15.1 Å². The van der Waals surface area contributed by atoms with E-state index in [1.807, 2.05) is 42.1 Å². The van der Waals surface area contributed by atoms with Crippen molar-refractivity contribution in [1.29, 1.82) is 0 Å². The van der Waals surface area contributed by atoms with Crippen LogP contribution in [0.5, 0.6) is 0 Å². The van der Waals surface area contributed by atoms with Crippen molar-refractivity contribution in [2.45, 2.75) is 6.92 Å². The molecule has 0 aliphatic heterocycles. The molecule has 0 aliphatic rings. The van der Waals surface area contributed by atoms with Gasteiger partial charge in [0, 0.05) is 12.4 Å². The molecule has 3 aromatic rings. The minimum Gasteiger partial charge on any atom is -0.358 e. The highest BCUT2D eigenvalue weighted by Gasteiger charge is 2.09. The van der Waals surface area contributed by atoms with Gasteiger partial charge in [-0.3, -0.25) is 0 Å². The molecule has 0 unspecified atom stereocenters. The van der Waals surface area contributed by atoms with Crippen LogP contribution in [0.15, 0.2) is 36.7 Å². The van der Waals surface area contributed by atoms with Gasteiger partial charge in [-0.15, -0.1) is 0 Å². The molecule has 0 bridgehead atoms. The molecule has 74 valence electrons. The van der Waals surface area contributed by atoms with Crippen molar-refractivity contribution in [2.24, 2.45) is 0 Å². The molecule has 0 spiro atoms. The number of nitrogens with one attached hydrogen (secondary N) is 1. The van der Waals surface area contributed by atoms with E-state index < -0.39 is 0 Å². The van der Waals surface area contributed by atoms with Gasteiger partial charge in [0.25, 0.3) is 0 Å². The van der Waals surface area contributed by atoms with E-state index >= 15 is 0 Å². The van der Waals surface area contributed by atoms with Crippen molar-refractivity contribution in [3.05, 3.63) is 42.4 Å². The Balaban J connectivity index is 2.32. The molecule has 0 saturated heterocycles. The molecule has 3 aromatic heterocycles. The molecule has 15 heavy (non-hydrogen) atoms. The Bertz CT molecular complexity index is 591. The summed E-state index contributed by atoms with van der Waals surface area (Å²) >= 11 is 0. The molecular formula is C11H10N4. The van der Waals surface area contributed by atoms with Crippen LogP contribution in [-0.2, 0) is 0 Å². The zero-order valence-corrected chi connectivity index (χ0v) is 8.31. The Morgan fingerprint density at radius 2 is 2.20 bits per heavy atom. The van der Waals surface area contributed by atoms with Crippen molar-refractivity contribution >= 4 is 11.0 Å². The van der Waals surface area contributed by atoms with Crippen LogP contribution in [0.25, 0.3) is 16.9 Å². The number of pyridine rings is 1. The third kappa shape index (κ3) is 1.15. The molecular weight excluding hydrogens is 188 g/mol. The Hall–Kier alpha value is -2.10. The van der Waals surface area contributed by atoms with Crippen LogP contribution in [0.4, 0.5) is 0 Å². The predicted octanol–water partition coefficient (Wildman–Crippen LogP) is 2.06. The molecule has 3 heterocycles. The average Bonchev–Trinajstić information content (AvgIpc) is 2.84. The molecule has 0 aromatic carbocycles. The number of aryl methyl sites for hydroxylation is 1. The fourth-order valence-corrected chi connectivity index (χ4v) is 1.74. The fourth-order valence-electron chi connectivity index (χ4n) is 1.74. The summed E-state index contributed by atoms with van der Waals surface area (Å²) in [4.78, 5) is 7.45. The molecule has 0 atom stereocenters. The quantitative estimate of drug-likeness (QED) is 0.650. The Morgan fingerprint density at radius 3 is 3.00 bits per heavy atom. The zero-order valence-electron chi connectivity index (χ0n) is 8.31. The van der Waals surface area contributed by atoms with E-state index in [1.165, 1.54) is 0 Å². The number of hydrogen-bond acceptors (Lipinski definition) is 2. The van der Waals surface area contributed by atoms with E-state index in [1.54, 1.807) is 6.20 Å². The van der Waals surface area contributed by atoms with Crippen molar-refractivity contribution in [3.8, 4) is 5.82 Å². The standard InChI is InChI=1S/C11H10N4/c1-8-11-9(5-7-13-11)15(14-8)10-4-2-3-6-12-10/h2-7,13H,1H3. The van der Waals surface area contributed by atoms with Gasteiger partial charge in [0.2, 0.25) is 0 Å². The second-order valence-electron chi connectivity index (χ2n) is 3.42. The lowest BCUT2D eigenvalue weighted by Gasteiger charge is -1.99. The van der Waals surface area contributed by atoms with Gasteiger partial charge in [-0.1, -0.05) is 6.07 Å². The summed E-state index contributed by atoms with van der Waals surface area (Å²) in [6, 6.07) is 7.80. The monoisotopic (exact) mass is 198 g/mol. The van der Waals surface area contributed by atoms with Crippen molar-refractivity contribution in [3.63, 3.8) is 0 Å². The second-order valence-corrected chi connectivity index (χ2v) is 3.42. The molecule has 0 radical (unpaired) electrons. The zero-order chi connectivity index (χ0) is 10.3. The van der Waals surface area contributed by atoms with Crippen molar-refractivity contribution < 1.29 is 0 Å². The molecule has 0 amide bonds. The largest absolute Gasteiger partial charge is 0.358 e. The topological polar surface area (TPSA) is 46.5 Å². The lowest BCUT2D eigenvalue weighted by atomic mass is 10.4. The second kappa shape index (κ2) is 2.95. The molecule has 0 saturated carbocycles. The van der Waals surface area contributed by atoms with Crippen LogP contribution >= 0.6 is 0 Å². The van der Waals surface area contributed by atoms with Gasteiger partial charge in [0.1, 0.15) is 0 Å². The summed E-state index contributed by atoms with van der Waals surface area (Å²) in [6.07, 6.45) is 3.68. The minimum atomic E-state index is 0.843. The number of aromatic nitrogens is 4. The summed E-state index contributed by atoms with van der Waals surface area (Å²) in [5.41, 5.74) is 3.12. The van der Waals surface area contributed by atoms with Crippen LogP contribution in [0.1, 0.15) is 5.69 Å². The first-order valence-corrected chi connectivity index (χ1v) is 4.80. The Kier molecular flexibility index (Phi) is 1.62. The number of hydrogen-bond donors (Lipinski definition) is 1. The van der Waals surface area contributed by atoms with Crippen LogP contribution < -0.4 is 0 Å². The molecule has 4 heteroatoms. The maximum atomic E-state index is 4.44. The lowest BCUT2D eigenvalue weighted by Crippen LogP contribution is -1.98. The van der Waals surface area contributed by atoms with Gasteiger partial charge in [-0.25, -0.2) is 9.67 Å². The van der Waals surface area contributed by atoms with E-state index in [9.17, 15) is 0 Å². The highest BCUT2D eigenvalue weighted by atomic mass is 15.3. The average molecular weight is 198 g/mol. The van der Waals surface area contributed by atoms with Crippen molar-refractivity contribution in [1.82, 2.24) is 19.7 Å². The molecule has 1 N–H and O–H groups in total. The van der Waals surface area contributed by atoms with Gasteiger partial charge < -0.3 is 4.98 Å². The summed E-state index contributed by atoms with van der Waals surface area (Å²) in [6.45, 7) is 1.98. The van der Waals surface area contributed by atoms with Crippen LogP contribution in [0.2, 0.25) is 0 Å². The van der Waals surface area contributed by atoms with Crippen LogP contribution in [-0.4, -0.2) is 19.7 Å². The molecule has 3 rings (SSSR count). The highest BCUT2D eigenvalue weighted by Crippen LogP contribution is 2.18. The number of aromatic amines is 1. The molecule has 4 nitrogen and oxygen atoms in total. The summed E-state index contributed by atoms with van der Waals surface area (Å²) < 4.78 is 1.85. The molecule has 0 aliphatic carbocycles. The Labute approximate surface area is 86.6 Å². The number of nitrogens with zero attached hydrogens (tertiary/aromatic N) is 3. The van der Waals surface area contributed by atoms with E-state index in [-0.39, 0.29) is 0 Å². The maximum Gasteiger partial charge on any atom is 0.154 e. The van der Waals surface area contributed by atoms with Gasteiger partial charge in [0.15, 0.2) is 5.82 Å². The normalized spacial score (nSPS) is 11.0. The van der Waals surface area contributed by atoms with Crippen molar-refractivity contribution in [2.75, 3.05) is 0 Å². The number of fused-ring (bicyclic) bond motifs is 1. The predicted molar refractivity (Wildman–Crippen MR) is 58.0 cm³/mol. The highest BCUT2D eigenvalue weighted by molar-refractivity contribution is 5.79. The number of rotatable bonds is 1. The minimum absolute atomic E-state index is 0.843. The number of H-pyrrole nitrogens is 1. The van der Waals surface area contributed by atoms with Gasteiger partial charge >= 0.3 is 0 Å². The van der Waals surface area contributed by atoms with E-state index in [0.717, 1.165) is 22.5 Å². The van der Waals surface area contributed by atoms with E-state index in [0.29, 0.717) is 0 Å².